The highest BCUT2D eigenvalue weighted by Gasteiger charge is 2.34. The molecule has 9 heteroatoms. The monoisotopic (exact) mass is 490 g/mol. The van der Waals surface area contributed by atoms with Crippen LogP contribution in [0.2, 0.25) is 0 Å². The maximum Gasteiger partial charge on any atom is 0.322 e. The van der Waals surface area contributed by atoms with Crippen molar-refractivity contribution in [2.75, 3.05) is 26.3 Å². The standard InChI is InChI=1S/C25H34N2O6S/c1-18(23(24(28)29)27-13-15-32-16-14-27)26-34(30,31)22-11-9-21(10-12-22)33-17-19-5-7-20(8-6-19)25(2,3)4/h5-12,18,23,26H,13-17H2,1-4H3,(H,28,29). The van der Waals surface area contributed by atoms with E-state index in [9.17, 15) is 18.3 Å². The second-order valence-corrected chi connectivity index (χ2v) is 11.3. The fourth-order valence-electron chi connectivity index (χ4n) is 3.90. The Morgan fingerprint density at radius 2 is 1.68 bits per heavy atom. The molecule has 0 aliphatic carbocycles. The van der Waals surface area contributed by atoms with Crippen molar-refractivity contribution in [1.82, 2.24) is 9.62 Å². The Hall–Kier alpha value is -2.46. The molecule has 0 spiro atoms. The predicted molar refractivity (Wildman–Crippen MR) is 130 cm³/mol. The van der Waals surface area contributed by atoms with Crippen LogP contribution in [0.3, 0.4) is 0 Å². The van der Waals surface area contributed by atoms with Crippen LogP contribution >= 0.6 is 0 Å². The van der Waals surface area contributed by atoms with Crippen LogP contribution in [-0.4, -0.2) is 62.8 Å². The number of morpholine rings is 1. The van der Waals surface area contributed by atoms with E-state index in [1.54, 1.807) is 24.0 Å². The van der Waals surface area contributed by atoms with E-state index >= 15 is 0 Å². The molecule has 2 N–H and O–H groups in total. The zero-order valence-corrected chi connectivity index (χ0v) is 21.0. The van der Waals surface area contributed by atoms with Crippen LogP contribution in [0.5, 0.6) is 5.75 Å². The van der Waals surface area contributed by atoms with Gasteiger partial charge in [0, 0.05) is 19.1 Å². The highest BCUT2D eigenvalue weighted by atomic mass is 32.2. The summed E-state index contributed by atoms with van der Waals surface area (Å²) in [5.74, 6) is -0.528. The van der Waals surface area contributed by atoms with Gasteiger partial charge in [0.15, 0.2) is 0 Å². The SMILES string of the molecule is CC(NS(=O)(=O)c1ccc(OCc2ccc(C(C)(C)C)cc2)cc1)C(C(=O)O)N1CCOCC1. The highest BCUT2D eigenvalue weighted by Crippen LogP contribution is 2.23. The molecular weight excluding hydrogens is 456 g/mol. The van der Waals surface area contributed by atoms with E-state index in [1.165, 1.54) is 17.7 Å². The largest absolute Gasteiger partial charge is 0.489 e. The molecule has 3 rings (SSSR count). The van der Waals surface area contributed by atoms with Gasteiger partial charge in [0.25, 0.3) is 0 Å². The smallest absolute Gasteiger partial charge is 0.322 e. The van der Waals surface area contributed by atoms with Crippen LogP contribution in [-0.2, 0) is 31.6 Å². The summed E-state index contributed by atoms with van der Waals surface area (Å²) in [6.45, 7) is 10.1. The zero-order chi connectivity index (χ0) is 24.9. The third-order valence-corrected chi connectivity index (χ3v) is 7.44. The Kier molecular flexibility index (Phi) is 8.35. The van der Waals surface area contributed by atoms with Gasteiger partial charge in [-0.3, -0.25) is 9.69 Å². The Morgan fingerprint density at radius 3 is 2.21 bits per heavy atom. The number of sulfonamides is 1. The van der Waals surface area contributed by atoms with Gasteiger partial charge < -0.3 is 14.6 Å². The Labute approximate surface area is 201 Å². The Balaban J connectivity index is 1.61. The van der Waals surface area contributed by atoms with Crippen molar-refractivity contribution in [1.29, 1.82) is 0 Å². The first kappa shape index (κ1) is 26.2. The summed E-state index contributed by atoms with van der Waals surface area (Å²) in [4.78, 5) is 13.6. The van der Waals surface area contributed by atoms with E-state index < -0.39 is 28.1 Å². The second kappa shape index (κ2) is 10.9. The minimum atomic E-state index is -3.91. The molecule has 1 aliphatic heterocycles. The summed E-state index contributed by atoms with van der Waals surface area (Å²) in [6, 6.07) is 12.5. The van der Waals surface area contributed by atoms with E-state index in [-0.39, 0.29) is 10.3 Å². The fourth-order valence-corrected chi connectivity index (χ4v) is 5.15. The number of carboxylic acids is 1. The third-order valence-electron chi connectivity index (χ3n) is 5.87. The summed E-state index contributed by atoms with van der Waals surface area (Å²) < 4.78 is 39.3. The van der Waals surface area contributed by atoms with Crippen LogP contribution in [0.4, 0.5) is 0 Å². The predicted octanol–water partition coefficient (Wildman–Crippen LogP) is 3.02. The lowest BCUT2D eigenvalue weighted by atomic mass is 9.87. The lowest BCUT2D eigenvalue weighted by Crippen LogP contribution is -2.57. The molecule has 1 heterocycles. The molecule has 1 aliphatic rings. The molecule has 2 unspecified atom stereocenters. The minimum Gasteiger partial charge on any atom is -0.489 e. The van der Waals surface area contributed by atoms with Gasteiger partial charge in [0.2, 0.25) is 10.0 Å². The topological polar surface area (TPSA) is 105 Å². The van der Waals surface area contributed by atoms with Crippen LogP contribution in [0, 0.1) is 0 Å². The molecule has 2 aromatic carbocycles. The van der Waals surface area contributed by atoms with Gasteiger partial charge in [-0.1, -0.05) is 45.0 Å². The zero-order valence-electron chi connectivity index (χ0n) is 20.2. The van der Waals surface area contributed by atoms with Gasteiger partial charge in [0.05, 0.1) is 18.1 Å². The number of ether oxygens (including phenoxy) is 2. The molecule has 1 saturated heterocycles. The van der Waals surface area contributed by atoms with Gasteiger partial charge in [-0.05, 0) is 47.7 Å². The van der Waals surface area contributed by atoms with Crippen molar-refractivity contribution in [3.63, 3.8) is 0 Å². The third kappa shape index (κ3) is 6.79. The number of hydrogen-bond donors (Lipinski definition) is 2. The van der Waals surface area contributed by atoms with E-state index in [0.29, 0.717) is 38.7 Å². The number of rotatable bonds is 9. The number of nitrogens with zero attached hydrogens (tertiary/aromatic N) is 1. The first-order chi connectivity index (χ1) is 16.0. The van der Waals surface area contributed by atoms with Crippen LogP contribution in [0.15, 0.2) is 53.4 Å². The van der Waals surface area contributed by atoms with E-state index in [4.69, 9.17) is 9.47 Å². The van der Waals surface area contributed by atoms with Gasteiger partial charge in [-0.2, -0.15) is 0 Å². The summed E-state index contributed by atoms with van der Waals surface area (Å²) in [6.07, 6.45) is 0. The molecule has 1 fully saturated rings. The Bertz CT molecular complexity index is 1060. The summed E-state index contributed by atoms with van der Waals surface area (Å²) in [7, 11) is -3.91. The number of aliphatic carboxylic acids is 1. The maximum absolute atomic E-state index is 12.9. The highest BCUT2D eigenvalue weighted by molar-refractivity contribution is 7.89. The number of carboxylic acid groups (broad SMARTS) is 1. The molecule has 2 aromatic rings. The summed E-state index contributed by atoms with van der Waals surface area (Å²) in [5, 5.41) is 9.67. The molecule has 2 atom stereocenters. The van der Waals surface area contributed by atoms with E-state index in [2.05, 4.69) is 37.6 Å². The molecular formula is C25H34N2O6S. The van der Waals surface area contributed by atoms with Crippen molar-refractivity contribution >= 4 is 16.0 Å². The number of benzene rings is 2. The molecule has 8 nitrogen and oxygen atoms in total. The lowest BCUT2D eigenvalue weighted by Gasteiger charge is -2.35. The van der Waals surface area contributed by atoms with E-state index in [1.807, 2.05) is 12.1 Å². The van der Waals surface area contributed by atoms with Crippen molar-refractivity contribution in [3.8, 4) is 5.75 Å². The van der Waals surface area contributed by atoms with Crippen molar-refractivity contribution in [3.05, 3.63) is 59.7 Å². The fraction of sp³-hybridized carbons (Fsp3) is 0.480. The summed E-state index contributed by atoms with van der Waals surface area (Å²) >= 11 is 0. The quantitative estimate of drug-likeness (QED) is 0.557. The van der Waals surface area contributed by atoms with Crippen LogP contribution in [0.1, 0.15) is 38.8 Å². The average molecular weight is 491 g/mol. The molecule has 0 aromatic heterocycles. The molecule has 0 saturated carbocycles. The number of nitrogens with one attached hydrogen (secondary N) is 1. The molecule has 0 bridgehead atoms. The molecule has 0 amide bonds. The maximum atomic E-state index is 12.9. The van der Waals surface area contributed by atoms with Crippen molar-refractivity contribution in [2.24, 2.45) is 0 Å². The van der Waals surface area contributed by atoms with Crippen LogP contribution < -0.4 is 9.46 Å². The first-order valence-corrected chi connectivity index (χ1v) is 12.8. The second-order valence-electron chi connectivity index (χ2n) is 9.55. The first-order valence-electron chi connectivity index (χ1n) is 11.4. The van der Waals surface area contributed by atoms with Gasteiger partial charge >= 0.3 is 5.97 Å². The molecule has 34 heavy (non-hydrogen) atoms. The van der Waals surface area contributed by atoms with Crippen molar-refractivity contribution in [2.45, 2.75) is 56.7 Å². The Morgan fingerprint density at radius 1 is 1.09 bits per heavy atom. The normalized spacial score (nSPS) is 17.2. The van der Waals surface area contributed by atoms with Crippen LogP contribution in [0.25, 0.3) is 0 Å². The number of carbonyl (C=O) groups is 1. The summed E-state index contributed by atoms with van der Waals surface area (Å²) in [5.41, 5.74) is 2.34. The van der Waals surface area contributed by atoms with Gasteiger partial charge in [-0.25, -0.2) is 13.1 Å². The molecule has 186 valence electrons. The van der Waals surface area contributed by atoms with Gasteiger partial charge in [-0.15, -0.1) is 0 Å². The van der Waals surface area contributed by atoms with Crippen molar-refractivity contribution < 1.29 is 27.8 Å². The number of hydrogen-bond acceptors (Lipinski definition) is 6. The van der Waals surface area contributed by atoms with E-state index in [0.717, 1.165) is 5.56 Å². The van der Waals surface area contributed by atoms with Gasteiger partial charge in [0.1, 0.15) is 18.4 Å². The lowest BCUT2D eigenvalue weighted by molar-refractivity contribution is -0.146. The minimum absolute atomic E-state index is 0.0485. The average Bonchev–Trinajstić information content (AvgIpc) is 2.78. The molecule has 0 radical (unpaired) electrons.